The van der Waals surface area contributed by atoms with E-state index < -0.39 is 5.60 Å². The van der Waals surface area contributed by atoms with Crippen LogP contribution in [0, 0.1) is 0 Å². The Bertz CT molecular complexity index is 805. The molecule has 1 amide bonds. The molecule has 1 aliphatic heterocycles. The molecule has 25 heavy (non-hydrogen) atoms. The number of carbonyl (C=O) groups excluding carboxylic acids is 1. The van der Waals surface area contributed by atoms with Crippen LogP contribution in [0.3, 0.4) is 0 Å². The quantitative estimate of drug-likeness (QED) is 0.596. The van der Waals surface area contributed by atoms with Crippen molar-refractivity contribution in [1.82, 2.24) is 20.3 Å². The van der Waals surface area contributed by atoms with Gasteiger partial charge in [0.15, 0.2) is 10.8 Å². The summed E-state index contributed by atoms with van der Waals surface area (Å²) in [5.74, 6) is 0.820. The van der Waals surface area contributed by atoms with Crippen molar-refractivity contribution < 1.29 is 9.53 Å². The molecular weight excluding hydrogens is 406 g/mol. The molecule has 9 heteroatoms. The molecule has 0 unspecified atom stereocenters. The molecule has 3 heterocycles. The lowest BCUT2D eigenvalue weighted by atomic mass is 10.1. The largest absolute Gasteiger partial charge is 0.444 e. The predicted octanol–water partition coefficient (Wildman–Crippen LogP) is 3.22. The summed E-state index contributed by atoms with van der Waals surface area (Å²) in [6.45, 7) is 6.90. The van der Waals surface area contributed by atoms with Crippen molar-refractivity contribution in [2.75, 3.05) is 24.2 Å². The Kier molecular flexibility index (Phi) is 5.06. The molecule has 0 spiro atoms. The Morgan fingerprint density at radius 1 is 1.40 bits per heavy atom. The molecule has 0 atom stereocenters. The Labute approximate surface area is 159 Å². The first-order valence-electron chi connectivity index (χ1n) is 7.87. The summed E-state index contributed by atoms with van der Waals surface area (Å²) in [5.41, 5.74) is 0.173. The number of pyridine rings is 1. The highest BCUT2D eigenvalue weighted by atomic mass is 79.9. The van der Waals surface area contributed by atoms with Gasteiger partial charge in [0.05, 0.1) is 10.5 Å². The molecule has 2 aromatic rings. The number of alkyl carbamates (subject to hydrolysis) is 1. The minimum atomic E-state index is -0.495. The van der Waals surface area contributed by atoms with E-state index in [0.717, 1.165) is 15.7 Å². The Balaban J connectivity index is 1.68. The van der Waals surface area contributed by atoms with Crippen LogP contribution in [-0.2, 0) is 4.74 Å². The molecule has 1 aliphatic rings. The molecule has 2 aromatic heterocycles. The molecule has 0 radical (unpaired) electrons. The Hall–Kier alpha value is -1.61. The molecular formula is C16H20BrN5O2S. The Morgan fingerprint density at radius 2 is 2.12 bits per heavy atom. The lowest BCUT2D eigenvalue weighted by Gasteiger charge is -2.40. The maximum absolute atomic E-state index is 11.8. The standard InChI is InChI=1S/C16H20BrN5O2S/c1-16(2,3)24-15(23)19-10-7-22(8-10)13-11(17)5-9-6-18-14(25-4)21-12(9)20-13/h5-6,10H,7-8H2,1-4H3,(H,19,23). The SMILES string of the molecule is CSc1ncc2cc(Br)c(N3CC(NC(=O)OC(C)(C)C)C3)nc2n1. The van der Waals surface area contributed by atoms with E-state index in [9.17, 15) is 4.79 Å². The van der Waals surface area contributed by atoms with Crippen molar-refractivity contribution in [3.05, 3.63) is 16.7 Å². The minimum Gasteiger partial charge on any atom is -0.444 e. The second-order valence-electron chi connectivity index (χ2n) is 6.81. The van der Waals surface area contributed by atoms with Crippen LogP contribution in [-0.4, -0.2) is 52.0 Å². The number of anilines is 1. The minimum absolute atomic E-state index is 0.0476. The van der Waals surface area contributed by atoms with Crippen molar-refractivity contribution in [2.24, 2.45) is 0 Å². The average molecular weight is 426 g/mol. The van der Waals surface area contributed by atoms with Crippen LogP contribution in [0.25, 0.3) is 11.0 Å². The van der Waals surface area contributed by atoms with Crippen molar-refractivity contribution in [3.8, 4) is 0 Å². The smallest absolute Gasteiger partial charge is 0.407 e. The van der Waals surface area contributed by atoms with Gasteiger partial charge in [-0.1, -0.05) is 11.8 Å². The second-order valence-corrected chi connectivity index (χ2v) is 8.44. The van der Waals surface area contributed by atoms with Gasteiger partial charge in [-0.15, -0.1) is 0 Å². The van der Waals surface area contributed by atoms with Crippen LogP contribution in [0.1, 0.15) is 20.8 Å². The third-order valence-electron chi connectivity index (χ3n) is 3.57. The zero-order chi connectivity index (χ0) is 18.2. The van der Waals surface area contributed by atoms with Crippen LogP contribution < -0.4 is 10.2 Å². The molecule has 0 bridgehead atoms. The number of ether oxygens (including phenoxy) is 1. The molecule has 0 saturated carbocycles. The maximum Gasteiger partial charge on any atom is 0.407 e. The number of halogens is 1. The van der Waals surface area contributed by atoms with Gasteiger partial charge in [-0.05, 0) is 49.0 Å². The molecule has 7 nitrogen and oxygen atoms in total. The van der Waals surface area contributed by atoms with Gasteiger partial charge in [0, 0.05) is 24.7 Å². The zero-order valence-electron chi connectivity index (χ0n) is 14.5. The molecule has 0 aliphatic carbocycles. The average Bonchev–Trinajstić information content (AvgIpc) is 2.48. The third-order valence-corrected chi connectivity index (χ3v) is 4.71. The third kappa shape index (κ3) is 4.33. The molecule has 1 saturated heterocycles. The monoisotopic (exact) mass is 425 g/mol. The number of fused-ring (bicyclic) bond motifs is 1. The van der Waals surface area contributed by atoms with E-state index in [2.05, 4.69) is 41.1 Å². The number of aromatic nitrogens is 3. The molecule has 3 rings (SSSR count). The fraction of sp³-hybridized carbons (Fsp3) is 0.500. The van der Waals surface area contributed by atoms with Gasteiger partial charge in [0.1, 0.15) is 11.4 Å². The highest BCUT2D eigenvalue weighted by Gasteiger charge is 2.31. The number of nitrogens with one attached hydrogen (secondary N) is 1. The maximum atomic E-state index is 11.8. The van der Waals surface area contributed by atoms with E-state index in [0.29, 0.717) is 23.9 Å². The van der Waals surface area contributed by atoms with Crippen LogP contribution in [0.15, 0.2) is 21.9 Å². The number of nitrogens with zero attached hydrogens (tertiary/aromatic N) is 4. The normalized spacial score (nSPS) is 15.2. The summed E-state index contributed by atoms with van der Waals surface area (Å²) in [6.07, 6.45) is 3.32. The first kappa shape index (κ1) is 18.2. The van der Waals surface area contributed by atoms with E-state index in [4.69, 9.17) is 4.74 Å². The topological polar surface area (TPSA) is 80.2 Å². The molecule has 134 valence electrons. The summed E-state index contributed by atoms with van der Waals surface area (Å²) in [5, 5.41) is 4.45. The first-order chi connectivity index (χ1) is 11.7. The fourth-order valence-corrected chi connectivity index (χ4v) is 3.37. The number of carbonyl (C=O) groups is 1. The van der Waals surface area contributed by atoms with Crippen LogP contribution >= 0.6 is 27.7 Å². The molecule has 0 aromatic carbocycles. The number of hydrogen-bond acceptors (Lipinski definition) is 7. The van der Waals surface area contributed by atoms with E-state index in [-0.39, 0.29) is 12.1 Å². The summed E-state index contributed by atoms with van der Waals surface area (Å²) >= 11 is 5.05. The van der Waals surface area contributed by atoms with Crippen LogP contribution in [0.4, 0.5) is 10.6 Å². The van der Waals surface area contributed by atoms with E-state index in [1.807, 2.05) is 33.1 Å². The fourth-order valence-electron chi connectivity index (χ4n) is 2.45. The summed E-state index contributed by atoms with van der Waals surface area (Å²) in [4.78, 5) is 27.3. The van der Waals surface area contributed by atoms with Gasteiger partial charge in [-0.2, -0.15) is 0 Å². The highest BCUT2D eigenvalue weighted by Crippen LogP contribution is 2.30. The summed E-state index contributed by atoms with van der Waals surface area (Å²) in [7, 11) is 0. The van der Waals surface area contributed by atoms with E-state index >= 15 is 0 Å². The predicted molar refractivity (Wildman–Crippen MR) is 102 cm³/mol. The number of amides is 1. The van der Waals surface area contributed by atoms with Crippen LogP contribution in [0.2, 0.25) is 0 Å². The van der Waals surface area contributed by atoms with Gasteiger partial charge in [-0.25, -0.2) is 19.7 Å². The van der Waals surface area contributed by atoms with Gasteiger partial charge >= 0.3 is 6.09 Å². The van der Waals surface area contributed by atoms with E-state index in [1.165, 1.54) is 11.8 Å². The van der Waals surface area contributed by atoms with Crippen LogP contribution in [0.5, 0.6) is 0 Å². The van der Waals surface area contributed by atoms with Gasteiger partial charge < -0.3 is 15.0 Å². The zero-order valence-corrected chi connectivity index (χ0v) is 16.9. The lowest BCUT2D eigenvalue weighted by Crippen LogP contribution is -2.60. The van der Waals surface area contributed by atoms with Gasteiger partial charge in [-0.3, -0.25) is 0 Å². The number of rotatable bonds is 3. The number of hydrogen-bond donors (Lipinski definition) is 1. The van der Waals surface area contributed by atoms with Crippen molar-refractivity contribution in [2.45, 2.75) is 37.6 Å². The number of thioether (sulfide) groups is 1. The second kappa shape index (κ2) is 6.95. The van der Waals surface area contributed by atoms with Crippen molar-refractivity contribution >= 4 is 50.6 Å². The highest BCUT2D eigenvalue weighted by molar-refractivity contribution is 9.10. The van der Waals surface area contributed by atoms with Gasteiger partial charge in [0.25, 0.3) is 0 Å². The Morgan fingerprint density at radius 3 is 2.76 bits per heavy atom. The summed E-state index contributed by atoms with van der Waals surface area (Å²) < 4.78 is 6.16. The van der Waals surface area contributed by atoms with Gasteiger partial charge in [0.2, 0.25) is 0 Å². The first-order valence-corrected chi connectivity index (χ1v) is 9.88. The molecule has 1 N–H and O–H groups in total. The van der Waals surface area contributed by atoms with Crippen molar-refractivity contribution in [3.63, 3.8) is 0 Å². The molecule has 1 fully saturated rings. The van der Waals surface area contributed by atoms with E-state index in [1.54, 1.807) is 6.20 Å². The summed E-state index contributed by atoms with van der Waals surface area (Å²) in [6, 6.07) is 2.02. The lowest BCUT2D eigenvalue weighted by molar-refractivity contribution is 0.0496. The van der Waals surface area contributed by atoms with Crippen molar-refractivity contribution in [1.29, 1.82) is 0 Å².